The van der Waals surface area contributed by atoms with E-state index in [0.29, 0.717) is 0 Å². The molecule has 0 aliphatic rings. The summed E-state index contributed by atoms with van der Waals surface area (Å²) in [6, 6.07) is 10.3. The quantitative estimate of drug-likeness (QED) is 0.756. The first-order valence-corrected chi connectivity index (χ1v) is 5.35. The fourth-order valence-electron chi connectivity index (χ4n) is 1.55. The number of benzene rings is 1. The van der Waals surface area contributed by atoms with Crippen LogP contribution in [-0.4, -0.2) is 4.98 Å². The van der Waals surface area contributed by atoms with Gasteiger partial charge in [0.25, 0.3) is 0 Å². The number of nitrogens with zero attached hydrogens (tertiary/aromatic N) is 1. The number of rotatable bonds is 3. The van der Waals surface area contributed by atoms with E-state index in [1.807, 2.05) is 18.3 Å². The summed E-state index contributed by atoms with van der Waals surface area (Å²) in [7, 11) is 0. The highest BCUT2D eigenvalue weighted by Gasteiger charge is 1.99. The van der Waals surface area contributed by atoms with Crippen molar-refractivity contribution in [2.45, 2.75) is 13.3 Å². The Bertz CT molecular complexity index is 445. The van der Waals surface area contributed by atoms with E-state index < -0.39 is 0 Å². The molecule has 1 nitrogen and oxygen atoms in total. The maximum Gasteiger partial charge on any atom is 0.123 e. The zero-order valence-electron chi connectivity index (χ0n) is 9.15. The Morgan fingerprint density at radius 2 is 1.88 bits per heavy atom. The summed E-state index contributed by atoms with van der Waals surface area (Å²) in [5.41, 5.74) is 2.92. The van der Waals surface area contributed by atoms with Gasteiger partial charge in [-0.2, -0.15) is 0 Å². The lowest BCUT2D eigenvalue weighted by Crippen LogP contribution is -1.86. The first-order chi connectivity index (χ1) is 7.79. The molecule has 2 rings (SSSR count). The minimum atomic E-state index is -0.223. The van der Waals surface area contributed by atoms with E-state index in [2.05, 4.69) is 18.3 Å². The Balaban J connectivity index is 2.24. The van der Waals surface area contributed by atoms with E-state index in [1.54, 1.807) is 12.1 Å². The third-order valence-electron chi connectivity index (χ3n) is 2.37. The second-order valence-electron chi connectivity index (χ2n) is 3.60. The number of aromatic nitrogens is 1. The lowest BCUT2D eigenvalue weighted by Gasteiger charge is -2.02. The van der Waals surface area contributed by atoms with Crippen molar-refractivity contribution in [3.63, 3.8) is 0 Å². The van der Waals surface area contributed by atoms with Crippen LogP contribution < -0.4 is 0 Å². The molecule has 0 atom stereocenters. The molecule has 0 spiro atoms. The summed E-state index contributed by atoms with van der Waals surface area (Å²) >= 11 is 0. The molecular weight excluding hydrogens is 201 g/mol. The van der Waals surface area contributed by atoms with Gasteiger partial charge >= 0.3 is 0 Å². The van der Waals surface area contributed by atoms with Crippen molar-refractivity contribution in [3.05, 3.63) is 60.4 Å². The molecule has 0 aliphatic heterocycles. The van der Waals surface area contributed by atoms with Gasteiger partial charge in [-0.05, 0) is 48.7 Å². The van der Waals surface area contributed by atoms with Gasteiger partial charge in [-0.1, -0.05) is 13.0 Å². The number of pyridine rings is 1. The molecule has 2 aromatic rings. The molecule has 0 saturated heterocycles. The molecule has 0 aliphatic carbocycles. The fraction of sp³-hybridized carbons (Fsp3) is 0.143. The average Bonchev–Trinajstić information content (AvgIpc) is 2.32. The van der Waals surface area contributed by atoms with Crippen LogP contribution in [-0.2, 0) is 0 Å². The van der Waals surface area contributed by atoms with Gasteiger partial charge in [-0.3, -0.25) is 4.98 Å². The van der Waals surface area contributed by atoms with E-state index in [9.17, 15) is 4.39 Å². The second-order valence-corrected chi connectivity index (χ2v) is 3.60. The molecule has 0 saturated carbocycles. The molecule has 1 radical (unpaired) electrons. The second kappa shape index (κ2) is 4.88. The van der Waals surface area contributed by atoms with Gasteiger partial charge in [0.1, 0.15) is 5.82 Å². The van der Waals surface area contributed by atoms with Crippen molar-refractivity contribution in [1.29, 1.82) is 0 Å². The molecule has 1 aromatic carbocycles. The standard InChI is InChI=1S/C14H13FN/c1-2-3-11-4-9-14(16-10-11)12-5-7-13(15)8-6-12/h3-10H,2H2,1H3. The highest BCUT2D eigenvalue weighted by Crippen LogP contribution is 2.17. The highest BCUT2D eigenvalue weighted by atomic mass is 19.1. The minimum Gasteiger partial charge on any atom is -0.256 e. The topological polar surface area (TPSA) is 12.9 Å². The summed E-state index contributed by atoms with van der Waals surface area (Å²) in [5, 5.41) is 0. The van der Waals surface area contributed by atoms with Crippen LogP contribution in [0, 0.1) is 12.2 Å². The van der Waals surface area contributed by atoms with Crippen LogP contribution in [0.5, 0.6) is 0 Å². The molecule has 0 bridgehead atoms. The first kappa shape index (κ1) is 10.8. The summed E-state index contributed by atoms with van der Waals surface area (Å²) < 4.78 is 12.7. The summed E-state index contributed by atoms with van der Waals surface area (Å²) in [6.45, 7) is 2.09. The van der Waals surface area contributed by atoms with Gasteiger partial charge in [0.15, 0.2) is 0 Å². The molecule has 1 aromatic heterocycles. The van der Waals surface area contributed by atoms with Crippen LogP contribution in [0.25, 0.3) is 11.3 Å². The average molecular weight is 214 g/mol. The van der Waals surface area contributed by atoms with Crippen molar-refractivity contribution in [2.24, 2.45) is 0 Å². The minimum absolute atomic E-state index is 0.223. The largest absolute Gasteiger partial charge is 0.256 e. The molecular formula is C14H13FN. The van der Waals surface area contributed by atoms with Crippen molar-refractivity contribution >= 4 is 0 Å². The van der Waals surface area contributed by atoms with E-state index in [1.165, 1.54) is 12.1 Å². The van der Waals surface area contributed by atoms with E-state index in [0.717, 1.165) is 23.2 Å². The van der Waals surface area contributed by atoms with Crippen LogP contribution in [0.1, 0.15) is 18.9 Å². The smallest absolute Gasteiger partial charge is 0.123 e. The van der Waals surface area contributed by atoms with Crippen LogP contribution in [0.3, 0.4) is 0 Å². The van der Waals surface area contributed by atoms with Gasteiger partial charge in [-0.15, -0.1) is 0 Å². The van der Waals surface area contributed by atoms with Gasteiger partial charge in [-0.25, -0.2) is 4.39 Å². The molecule has 0 N–H and O–H groups in total. The first-order valence-electron chi connectivity index (χ1n) is 5.35. The molecule has 2 heteroatoms. The normalized spacial score (nSPS) is 10.4. The van der Waals surface area contributed by atoms with Crippen molar-refractivity contribution in [3.8, 4) is 11.3 Å². The SMILES string of the molecule is CC[CH]c1ccc(-c2ccc(F)cc2)nc1. The maximum absolute atomic E-state index is 12.7. The van der Waals surface area contributed by atoms with Crippen molar-refractivity contribution < 1.29 is 4.39 Å². The molecule has 16 heavy (non-hydrogen) atoms. The number of hydrogen-bond acceptors (Lipinski definition) is 1. The number of hydrogen-bond donors (Lipinski definition) is 0. The zero-order chi connectivity index (χ0) is 11.4. The van der Waals surface area contributed by atoms with Crippen LogP contribution in [0.15, 0.2) is 42.6 Å². The van der Waals surface area contributed by atoms with Crippen molar-refractivity contribution in [2.75, 3.05) is 0 Å². The molecule has 0 unspecified atom stereocenters. The van der Waals surface area contributed by atoms with Gasteiger partial charge < -0.3 is 0 Å². The molecule has 81 valence electrons. The molecule has 0 fully saturated rings. The third kappa shape index (κ3) is 2.45. The Hall–Kier alpha value is -1.70. The van der Waals surface area contributed by atoms with E-state index >= 15 is 0 Å². The molecule has 0 amide bonds. The van der Waals surface area contributed by atoms with Gasteiger partial charge in [0.05, 0.1) is 5.69 Å². The zero-order valence-corrected chi connectivity index (χ0v) is 9.15. The summed E-state index contributed by atoms with van der Waals surface area (Å²) in [6.07, 6.45) is 4.95. The van der Waals surface area contributed by atoms with Crippen LogP contribution >= 0.6 is 0 Å². The predicted molar refractivity (Wildman–Crippen MR) is 63.3 cm³/mol. The van der Waals surface area contributed by atoms with E-state index in [-0.39, 0.29) is 5.82 Å². The Labute approximate surface area is 95.0 Å². The maximum atomic E-state index is 12.7. The van der Waals surface area contributed by atoms with Crippen LogP contribution in [0.4, 0.5) is 4.39 Å². The fourth-order valence-corrected chi connectivity index (χ4v) is 1.55. The van der Waals surface area contributed by atoms with Crippen molar-refractivity contribution in [1.82, 2.24) is 4.98 Å². The predicted octanol–water partition coefficient (Wildman–Crippen LogP) is 3.85. The summed E-state index contributed by atoms with van der Waals surface area (Å²) in [5.74, 6) is -0.223. The van der Waals surface area contributed by atoms with Gasteiger partial charge in [0, 0.05) is 11.8 Å². The highest BCUT2D eigenvalue weighted by molar-refractivity contribution is 5.58. The number of halogens is 1. The monoisotopic (exact) mass is 214 g/mol. The molecule has 1 heterocycles. The summed E-state index contributed by atoms with van der Waals surface area (Å²) in [4.78, 5) is 4.34. The van der Waals surface area contributed by atoms with Gasteiger partial charge in [0.2, 0.25) is 0 Å². The lowest BCUT2D eigenvalue weighted by molar-refractivity contribution is 0.628. The van der Waals surface area contributed by atoms with Crippen LogP contribution in [0.2, 0.25) is 0 Å². The third-order valence-corrected chi connectivity index (χ3v) is 2.37. The Kier molecular flexibility index (Phi) is 3.30. The Morgan fingerprint density at radius 1 is 1.12 bits per heavy atom. The lowest BCUT2D eigenvalue weighted by atomic mass is 10.1. The Morgan fingerprint density at radius 3 is 2.44 bits per heavy atom. The van der Waals surface area contributed by atoms with E-state index in [4.69, 9.17) is 0 Å².